The molecule has 2 aliphatic rings. The van der Waals surface area contributed by atoms with Crippen molar-refractivity contribution in [1.82, 2.24) is 9.80 Å². The molecule has 0 saturated carbocycles. The molecule has 1 amide bonds. The van der Waals surface area contributed by atoms with E-state index in [1.807, 2.05) is 0 Å². The molecule has 1 N–H and O–H groups in total. The van der Waals surface area contributed by atoms with Crippen molar-refractivity contribution in [3.8, 4) is 11.5 Å². The molecule has 0 atom stereocenters. The Balaban J connectivity index is 1.78. The van der Waals surface area contributed by atoms with Gasteiger partial charge in [0.1, 0.15) is 0 Å². The summed E-state index contributed by atoms with van der Waals surface area (Å²) < 4.78 is 5.66. The summed E-state index contributed by atoms with van der Waals surface area (Å²) >= 11 is 4.68. The molecular weight excluding hydrogens is 394 g/mol. The summed E-state index contributed by atoms with van der Waals surface area (Å²) in [6, 6.07) is 3.43. The number of methoxy groups -OCH3 is 1. The molecule has 1 fully saturated rings. The lowest BCUT2D eigenvalue weighted by atomic mass is 10.2. The molecule has 0 aliphatic carbocycles. The van der Waals surface area contributed by atoms with E-state index in [1.54, 1.807) is 18.2 Å². The molecule has 128 valence electrons. The van der Waals surface area contributed by atoms with Gasteiger partial charge in [0.05, 0.1) is 16.5 Å². The largest absolute Gasteiger partial charge is 0.503 e. The van der Waals surface area contributed by atoms with Gasteiger partial charge >= 0.3 is 0 Å². The number of amidine groups is 1. The number of carbonyl (C=O) groups is 1. The van der Waals surface area contributed by atoms with Crippen molar-refractivity contribution < 1.29 is 14.6 Å². The van der Waals surface area contributed by atoms with Crippen LogP contribution >= 0.6 is 27.7 Å². The zero-order chi connectivity index (χ0) is 17.3. The summed E-state index contributed by atoms with van der Waals surface area (Å²) in [6.45, 7) is 3.69. The molecule has 2 heterocycles. The van der Waals surface area contributed by atoms with Gasteiger partial charge in [-0.1, -0.05) is 0 Å². The number of piperazine rings is 1. The number of thioether (sulfide) groups is 1. The van der Waals surface area contributed by atoms with E-state index in [-0.39, 0.29) is 11.7 Å². The normalized spacial score (nSPS) is 20.6. The van der Waals surface area contributed by atoms with Crippen LogP contribution in [0.5, 0.6) is 11.5 Å². The first-order valence-electron chi connectivity index (χ1n) is 7.50. The maximum Gasteiger partial charge on any atom is 0.286 e. The first-order chi connectivity index (χ1) is 11.5. The lowest BCUT2D eigenvalue weighted by Gasteiger charge is -2.32. The van der Waals surface area contributed by atoms with Crippen molar-refractivity contribution >= 4 is 44.8 Å². The predicted molar refractivity (Wildman–Crippen MR) is 99.4 cm³/mol. The molecule has 24 heavy (non-hydrogen) atoms. The van der Waals surface area contributed by atoms with Crippen LogP contribution in [0.1, 0.15) is 5.56 Å². The second-order valence-corrected chi connectivity index (χ2v) is 7.52. The Morgan fingerprint density at radius 2 is 2.04 bits per heavy atom. The van der Waals surface area contributed by atoms with E-state index in [0.717, 1.165) is 36.9 Å². The van der Waals surface area contributed by atoms with E-state index < -0.39 is 0 Å². The van der Waals surface area contributed by atoms with Crippen molar-refractivity contribution in [3.63, 3.8) is 0 Å². The van der Waals surface area contributed by atoms with Gasteiger partial charge in [0.2, 0.25) is 0 Å². The summed E-state index contributed by atoms with van der Waals surface area (Å²) in [6.07, 6.45) is 1.77. The Kier molecular flexibility index (Phi) is 5.17. The Morgan fingerprint density at radius 1 is 1.33 bits per heavy atom. The van der Waals surface area contributed by atoms with Gasteiger partial charge in [-0.15, -0.1) is 0 Å². The average molecular weight is 412 g/mol. The highest BCUT2D eigenvalue weighted by molar-refractivity contribution is 9.10. The molecule has 6 nitrogen and oxygen atoms in total. The minimum atomic E-state index is -0.225. The quantitative estimate of drug-likeness (QED) is 0.753. The number of aliphatic imine (C=N–C) groups is 1. The zero-order valence-corrected chi connectivity index (χ0v) is 15.9. The van der Waals surface area contributed by atoms with Crippen LogP contribution in [-0.2, 0) is 4.79 Å². The number of phenolic OH excluding ortho intramolecular Hbond substituents is 1. The van der Waals surface area contributed by atoms with E-state index in [1.165, 1.54) is 18.9 Å². The number of halogens is 1. The van der Waals surface area contributed by atoms with Crippen LogP contribution in [0.2, 0.25) is 0 Å². The van der Waals surface area contributed by atoms with E-state index in [9.17, 15) is 9.90 Å². The summed E-state index contributed by atoms with van der Waals surface area (Å²) in [7, 11) is 3.58. The van der Waals surface area contributed by atoms with Gasteiger partial charge in [-0.05, 0) is 58.5 Å². The van der Waals surface area contributed by atoms with Gasteiger partial charge in [0, 0.05) is 26.2 Å². The summed E-state index contributed by atoms with van der Waals surface area (Å²) in [5.74, 6) is 0.170. The smallest absolute Gasteiger partial charge is 0.286 e. The van der Waals surface area contributed by atoms with Gasteiger partial charge in [-0.3, -0.25) is 4.79 Å². The van der Waals surface area contributed by atoms with Gasteiger partial charge in [0.25, 0.3) is 5.91 Å². The number of aromatic hydroxyl groups is 1. The van der Waals surface area contributed by atoms with E-state index in [4.69, 9.17) is 4.74 Å². The number of rotatable bonds is 2. The number of hydrogen-bond acceptors (Lipinski definition) is 6. The molecule has 1 aromatic carbocycles. The Bertz CT molecular complexity index is 728. The van der Waals surface area contributed by atoms with Crippen LogP contribution in [0.4, 0.5) is 0 Å². The number of phenols is 1. The number of benzene rings is 1. The Hall–Kier alpha value is -1.51. The standard InChI is InChI=1S/C16H18BrN3O3S/c1-19-3-5-20(6-4-19)16-18-15(22)13(24-16)9-10-7-11(17)14(21)12(8-10)23-2/h7-9,21H,3-6H2,1-2H3/b13-9-. The fourth-order valence-corrected chi connectivity index (χ4v) is 3.94. The highest BCUT2D eigenvalue weighted by Crippen LogP contribution is 2.37. The lowest BCUT2D eigenvalue weighted by Crippen LogP contribution is -2.46. The predicted octanol–water partition coefficient (Wildman–Crippen LogP) is 2.38. The maximum atomic E-state index is 12.2. The molecule has 0 radical (unpaired) electrons. The molecule has 1 saturated heterocycles. The zero-order valence-electron chi connectivity index (χ0n) is 13.5. The van der Waals surface area contributed by atoms with Crippen LogP contribution in [0.25, 0.3) is 6.08 Å². The summed E-state index contributed by atoms with van der Waals surface area (Å²) in [4.78, 5) is 21.4. The third-order valence-corrected chi connectivity index (χ3v) is 5.60. The van der Waals surface area contributed by atoms with Crippen LogP contribution in [0.15, 0.2) is 26.5 Å². The number of nitrogens with zero attached hydrogens (tertiary/aromatic N) is 3. The maximum absolute atomic E-state index is 12.2. The van der Waals surface area contributed by atoms with Gasteiger partial charge < -0.3 is 19.6 Å². The highest BCUT2D eigenvalue weighted by Gasteiger charge is 2.27. The molecular formula is C16H18BrN3O3S. The molecule has 0 spiro atoms. The molecule has 1 aromatic rings. The molecule has 0 aromatic heterocycles. The summed E-state index contributed by atoms with van der Waals surface area (Å²) in [5.41, 5.74) is 0.766. The van der Waals surface area contributed by atoms with Crippen molar-refractivity contribution in [2.75, 3.05) is 40.3 Å². The van der Waals surface area contributed by atoms with Crippen molar-refractivity contribution in [3.05, 3.63) is 27.1 Å². The SMILES string of the molecule is COc1cc(/C=C2\SC(N3CCN(C)CC3)=NC2=O)cc(Br)c1O. The first kappa shape index (κ1) is 17.3. The lowest BCUT2D eigenvalue weighted by molar-refractivity contribution is -0.113. The van der Waals surface area contributed by atoms with Gasteiger partial charge in [0.15, 0.2) is 16.7 Å². The first-order valence-corrected chi connectivity index (χ1v) is 9.11. The topological polar surface area (TPSA) is 65.4 Å². The number of hydrogen-bond donors (Lipinski definition) is 1. The number of amides is 1. The number of ether oxygens (including phenoxy) is 1. The molecule has 0 bridgehead atoms. The van der Waals surface area contributed by atoms with Crippen molar-refractivity contribution in [1.29, 1.82) is 0 Å². The average Bonchev–Trinajstić information content (AvgIpc) is 2.92. The van der Waals surface area contributed by atoms with E-state index in [2.05, 4.69) is 37.8 Å². The van der Waals surface area contributed by atoms with Crippen LogP contribution in [-0.4, -0.2) is 66.3 Å². The third-order valence-electron chi connectivity index (χ3n) is 3.95. The molecule has 0 unspecified atom stereocenters. The van der Waals surface area contributed by atoms with Crippen LogP contribution in [0.3, 0.4) is 0 Å². The third kappa shape index (κ3) is 3.60. The molecule has 2 aliphatic heterocycles. The number of carbonyl (C=O) groups excluding carboxylic acids is 1. The summed E-state index contributed by atoms with van der Waals surface area (Å²) in [5, 5.41) is 10.6. The van der Waals surface area contributed by atoms with Crippen LogP contribution < -0.4 is 4.74 Å². The molecule has 3 rings (SSSR count). The highest BCUT2D eigenvalue weighted by atomic mass is 79.9. The van der Waals surface area contributed by atoms with Crippen molar-refractivity contribution in [2.24, 2.45) is 4.99 Å². The van der Waals surface area contributed by atoms with E-state index in [0.29, 0.717) is 15.1 Å². The van der Waals surface area contributed by atoms with Crippen LogP contribution in [0, 0.1) is 0 Å². The number of likely N-dealkylation sites (N-methyl/N-ethyl adjacent to an activating group) is 1. The minimum absolute atomic E-state index is 0.0411. The second kappa shape index (κ2) is 7.16. The minimum Gasteiger partial charge on any atom is -0.503 e. The van der Waals surface area contributed by atoms with Crippen molar-refractivity contribution in [2.45, 2.75) is 0 Å². The van der Waals surface area contributed by atoms with Gasteiger partial charge in [-0.2, -0.15) is 4.99 Å². The Labute approximate surface area is 153 Å². The molecule has 8 heteroatoms. The monoisotopic (exact) mass is 411 g/mol. The van der Waals surface area contributed by atoms with E-state index >= 15 is 0 Å². The fraction of sp³-hybridized carbons (Fsp3) is 0.375. The fourth-order valence-electron chi connectivity index (χ4n) is 2.52. The Morgan fingerprint density at radius 3 is 2.71 bits per heavy atom. The van der Waals surface area contributed by atoms with Gasteiger partial charge in [-0.25, -0.2) is 0 Å². The second-order valence-electron chi connectivity index (χ2n) is 5.65.